The molecular weight excluding hydrogens is 601 g/mol. The minimum Gasteiger partial charge on any atom is -0.455 e. The molecule has 0 aliphatic heterocycles. The molecule has 49 heavy (non-hydrogen) atoms. The largest absolute Gasteiger partial charge is 0.455 e. The number of benzene rings is 7. The zero-order valence-electron chi connectivity index (χ0n) is 26.2. The molecule has 7 aromatic carbocycles. The average molecular weight is 627 g/mol. The molecule has 0 unspecified atom stereocenters. The number of pyridine rings is 1. The van der Waals surface area contributed by atoms with Crippen molar-refractivity contribution < 1.29 is 4.42 Å². The second kappa shape index (κ2) is 10.9. The molecule has 0 amide bonds. The van der Waals surface area contributed by atoms with Gasteiger partial charge in [0.1, 0.15) is 11.2 Å². The number of fused-ring (bicyclic) bond motifs is 9. The van der Waals surface area contributed by atoms with Gasteiger partial charge in [-0.25, -0.2) is 15.0 Å². The molecule has 5 nitrogen and oxygen atoms in total. The van der Waals surface area contributed by atoms with Crippen LogP contribution in [0, 0.1) is 0 Å². The molecule has 0 aliphatic carbocycles. The van der Waals surface area contributed by atoms with E-state index in [-0.39, 0.29) is 0 Å². The molecule has 3 aromatic heterocycles. The monoisotopic (exact) mass is 626 g/mol. The molecule has 0 spiro atoms. The van der Waals surface area contributed by atoms with E-state index in [0.717, 1.165) is 49.8 Å². The van der Waals surface area contributed by atoms with E-state index in [1.165, 1.54) is 32.3 Å². The third-order valence-corrected chi connectivity index (χ3v) is 9.40. The Labute approximate surface area is 281 Å². The van der Waals surface area contributed by atoms with E-state index in [4.69, 9.17) is 24.4 Å². The molecule has 228 valence electrons. The minimum atomic E-state index is 0.579. The van der Waals surface area contributed by atoms with Crippen LogP contribution in [-0.4, -0.2) is 19.9 Å². The van der Waals surface area contributed by atoms with Crippen molar-refractivity contribution in [1.82, 2.24) is 19.9 Å². The summed E-state index contributed by atoms with van der Waals surface area (Å²) in [4.78, 5) is 19.7. The molecule has 10 aromatic rings. The summed E-state index contributed by atoms with van der Waals surface area (Å²) in [6, 6.07) is 50.1. The van der Waals surface area contributed by atoms with E-state index in [9.17, 15) is 0 Å². The standard InChI is InChI=1S/C44H26N4O/c1-3-12-27(13-4-1)42-46-43(28-14-5-2-6-15-28)48-44(47-42)35-20-11-21-39-40(35)38-26-45-25-37(41(38)49-39)29-22-23-34-32-18-8-7-16-30(32)31-17-9-10-19-33(31)36(34)24-29/h1-26H. The molecule has 0 fully saturated rings. The van der Waals surface area contributed by atoms with Gasteiger partial charge in [0.25, 0.3) is 0 Å². The Morgan fingerprint density at radius 2 is 0.918 bits per heavy atom. The number of rotatable bonds is 4. The van der Waals surface area contributed by atoms with Crippen LogP contribution in [0.2, 0.25) is 0 Å². The van der Waals surface area contributed by atoms with Gasteiger partial charge in [0, 0.05) is 45.4 Å². The fourth-order valence-electron chi connectivity index (χ4n) is 7.14. The van der Waals surface area contributed by atoms with Crippen LogP contribution in [0.25, 0.3) is 99.5 Å². The van der Waals surface area contributed by atoms with Crippen molar-refractivity contribution in [1.29, 1.82) is 0 Å². The Morgan fingerprint density at radius 1 is 0.367 bits per heavy atom. The Bertz CT molecular complexity index is 2790. The van der Waals surface area contributed by atoms with Gasteiger partial charge in [-0.15, -0.1) is 0 Å². The van der Waals surface area contributed by atoms with Gasteiger partial charge >= 0.3 is 0 Å². The average Bonchev–Trinajstić information content (AvgIpc) is 3.58. The molecule has 0 bridgehead atoms. The number of aromatic nitrogens is 4. The summed E-state index contributed by atoms with van der Waals surface area (Å²) in [5.74, 6) is 1.81. The lowest BCUT2D eigenvalue weighted by Crippen LogP contribution is -2.00. The smallest absolute Gasteiger partial charge is 0.164 e. The highest BCUT2D eigenvalue weighted by molar-refractivity contribution is 6.26. The molecule has 10 rings (SSSR count). The first kappa shape index (κ1) is 27.4. The molecule has 5 heteroatoms. The highest BCUT2D eigenvalue weighted by Gasteiger charge is 2.20. The van der Waals surface area contributed by atoms with Crippen molar-refractivity contribution in [3.05, 3.63) is 158 Å². The molecule has 0 atom stereocenters. The summed E-state index contributed by atoms with van der Waals surface area (Å²) >= 11 is 0. The van der Waals surface area contributed by atoms with Crippen LogP contribution < -0.4 is 0 Å². The molecule has 0 radical (unpaired) electrons. The third kappa shape index (κ3) is 4.40. The number of furan rings is 1. The fourth-order valence-corrected chi connectivity index (χ4v) is 7.14. The van der Waals surface area contributed by atoms with E-state index in [0.29, 0.717) is 17.5 Å². The van der Waals surface area contributed by atoms with Gasteiger partial charge in [0.15, 0.2) is 17.5 Å². The molecule has 0 saturated carbocycles. The second-order valence-corrected chi connectivity index (χ2v) is 12.2. The Balaban J connectivity index is 1.20. The highest BCUT2D eigenvalue weighted by Crippen LogP contribution is 2.42. The lowest BCUT2D eigenvalue weighted by molar-refractivity contribution is 0.669. The second-order valence-electron chi connectivity index (χ2n) is 12.2. The van der Waals surface area contributed by atoms with Crippen molar-refractivity contribution in [2.24, 2.45) is 0 Å². The Kier molecular flexibility index (Phi) is 6.11. The summed E-state index contributed by atoms with van der Waals surface area (Å²) in [6.07, 6.45) is 3.79. The first-order chi connectivity index (χ1) is 24.3. The SMILES string of the molecule is c1ccc(-c2nc(-c3ccccc3)nc(-c3cccc4oc5c(-c6ccc7c8ccccc8c8ccccc8c7c6)cncc5c34)n2)cc1. The van der Waals surface area contributed by atoms with Crippen molar-refractivity contribution in [2.75, 3.05) is 0 Å². The van der Waals surface area contributed by atoms with Crippen molar-refractivity contribution in [3.63, 3.8) is 0 Å². The van der Waals surface area contributed by atoms with Crippen LogP contribution in [0.15, 0.2) is 162 Å². The van der Waals surface area contributed by atoms with Crippen LogP contribution in [0.3, 0.4) is 0 Å². The molecular formula is C44H26N4O. The normalized spacial score (nSPS) is 11.7. The Morgan fingerprint density at radius 3 is 1.55 bits per heavy atom. The maximum absolute atomic E-state index is 6.69. The third-order valence-electron chi connectivity index (χ3n) is 9.40. The summed E-state index contributed by atoms with van der Waals surface area (Å²) in [5.41, 5.74) is 6.22. The molecule has 3 heterocycles. The highest BCUT2D eigenvalue weighted by atomic mass is 16.3. The lowest BCUT2D eigenvalue weighted by Gasteiger charge is -2.12. The van der Waals surface area contributed by atoms with Crippen LogP contribution in [-0.2, 0) is 0 Å². The summed E-state index contributed by atoms with van der Waals surface area (Å²) in [6.45, 7) is 0. The quantitative estimate of drug-likeness (QED) is 0.182. The molecule has 0 N–H and O–H groups in total. The van der Waals surface area contributed by atoms with Crippen LogP contribution in [0.1, 0.15) is 0 Å². The minimum absolute atomic E-state index is 0.579. The zero-order valence-corrected chi connectivity index (χ0v) is 26.2. The van der Waals surface area contributed by atoms with E-state index in [1.807, 2.05) is 85.2 Å². The van der Waals surface area contributed by atoms with Gasteiger partial charge in [-0.3, -0.25) is 4.98 Å². The van der Waals surface area contributed by atoms with Crippen LogP contribution >= 0.6 is 0 Å². The van der Waals surface area contributed by atoms with E-state index >= 15 is 0 Å². The van der Waals surface area contributed by atoms with Gasteiger partial charge in [0.2, 0.25) is 0 Å². The summed E-state index contributed by atoms with van der Waals surface area (Å²) in [7, 11) is 0. The van der Waals surface area contributed by atoms with Crippen LogP contribution in [0.4, 0.5) is 0 Å². The van der Waals surface area contributed by atoms with E-state index in [1.54, 1.807) is 0 Å². The van der Waals surface area contributed by atoms with Gasteiger partial charge in [-0.2, -0.15) is 0 Å². The first-order valence-electron chi connectivity index (χ1n) is 16.3. The molecule has 0 aliphatic rings. The maximum Gasteiger partial charge on any atom is 0.164 e. The number of hydrogen-bond donors (Lipinski definition) is 0. The summed E-state index contributed by atoms with van der Waals surface area (Å²) < 4.78 is 6.69. The first-order valence-corrected chi connectivity index (χ1v) is 16.3. The predicted molar refractivity (Wildman–Crippen MR) is 199 cm³/mol. The topological polar surface area (TPSA) is 64.7 Å². The van der Waals surface area contributed by atoms with Crippen LogP contribution in [0.5, 0.6) is 0 Å². The number of hydrogen-bond acceptors (Lipinski definition) is 5. The number of nitrogens with zero attached hydrogens (tertiary/aromatic N) is 4. The van der Waals surface area contributed by atoms with Crippen molar-refractivity contribution >= 4 is 54.3 Å². The van der Waals surface area contributed by atoms with Crippen molar-refractivity contribution in [3.8, 4) is 45.3 Å². The predicted octanol–water partition coefficient (Wildman–Crippen LogP) is 11.3. The maximum atomic E-state index is 6.69. The van der Waals surface area contributed by atoms with Gasteiger partial charge < -0.3 is 4.42 Å². The van der Waals surface area contributed by atoms with Gasteiger partial charge in [0.05, 0.1) is 0 Å². The fraction of sp³-hybridized carbons (Fsp3) is 0. The van der Waals surface area contributed by atoms with Crippen molar-refractivity contribution in [2.45, 2.75) is 0 Å². The lowest BCUT2D eigenvalue weighted by atomic mass is 9.92. The summed E-state index contributed by atoms with van der Waals surface area (Å²) in [5, 5.41) is 9.24. The van der Waals surface area contributed by atoms with Gasteiger partial charge in [-0.05, 0) is 50.0 Å². The molecule has 0 saturated heterocycles. The van der Waals surface area contributed by atoms with E-state index in [2.05, 4.69) is 72.8 Å². The van der Waals surface area contributed by atoms with E-state index < -0.39 is 0 Å². The zero-order chi connectivity index (χ0) is 32.3. The van der Waals surface area contributed by atoms with Gasteiger partial charge in [-0.1, -0.05) is 133 Å². The Hall–Kier alpha value is -6.72.